The maximum Gasteiger partial charge on any atom is 0.208 e. The van der Waals surface area contributed by atoms with Gasteiger partial charge in [0.1, 0.15) is 0 Å². The molecule has 0 radical (unpaired) electrons. The highest BCUT2D eigenvalue weighted by Gasteiger charge is 2.53. The molecule has 1 saturated carbocycles. The van der Waals surface area contributed by atoms with Crippen molar-refractivity contribution < 1.29 is 8.42 Å². The number of sulfonamides is 1. The lowest BCUT2D eigenvalue weighted by Gasteiger charge is -2.03. The summed E-state index contributed by atoms with van der Waals surface area (Å²) in [6.07, 6.45) is 1.22. The predicted molar refractivity (Wildman–Crippen MR) is 41.6 cm³/mol. The first-order valence-corrected chi connectivity index (χ1v) is 5.65. The predicted octanol–water partition coefficient (Wildman–Crippen LogP) is -1.25. The molecule has 1 saturated heterocycles. The lowest BCUT2D eigenvalue weighted by molar-refractivity contribution is 0.571. The molecule has 3 atom stereocenters. The normalized spacial score (nSPS) is 42.1. The Hall–Kier alpha value is -0.130. The second-order valence-electron chi connectivity index (χ2n) is 3.40. The third-order valence-electron chi connectivity index (χ3n) is 2.44. The van der Waals surface area contributed by atoms with Crippen LogP contribution in [0.3, 0.4) is 0 Å². The molecule has 0 aromatic rings. The van der Waals surface area contributed by atoms with E-state index in [1.165, 1.54) is 6.26 Å². The van der Waals surface area contributed by atoms with Crippen LogP contribution in [0.4, 0.5) is 0 Å². The fourth-order valence-electron chi connectivity index (χ4n) is 1.84. The van der Waals surface area contributed by atoms with Crippen molar-refractivity contribution in [3.05, 3.63) is 0 Å². The van der Waals surface area contributed by atoms with Crippen molar-refractivity contribution >= 4 is 10.0 Å². The van der Waals surface area contributed by atoms with Gasteiger partial charge in [0.2, 0.25) is 10.0 Å². The summed E-state index contributed by atoms with van der Waals surface area (Å²) in [6, 6.07) is 0.228. The maximum absolute atomic E-state index is 10.8. The highest BCUT2D eigenvalue weighted by Crippen LogP contribution is 2.41. The van der Waals surface area contributed by atoms with E-state index >= 15 is 0 Å². The van der Waals surface area contributed by atoms with Crippen LogP contribution >= 0.6 is 0 Å². The van der Waals surface area contributed by atoms with Crippen molar-refractivity contribution in [2.75, 3.05) is 19.3 Å². The minimum Gasteiger partial charge on any atom is -0.316 e. The van der Waals surface area contributed by atoms with Gasteiger partial charge in [-0.2, -0.15) is 0 Å². The molecule has 1 aliphatic carbocycles. The van der Waals surface area contributed by atoms with E-state index in [1.807, 2.05) is 0 Å². The molecular formula is C6H12N2O2S. The van der Waals surface area contributed by atoms with E-state index in [9.17, 15) is 8.42 Å². The molecule has 0 amide bonds. The fraction of sp³-hybridized carbons (Fsp3) is 1.00. The SMILES string of the molecule is CS(=O)(=O)NC1[C@H]2CNC[C@@H]12. The summed E-state index contributed by atoms with van der Waals surface area (Å²) in [5, 5.41) is 3.20. The highest BCUT2D eigenvalue weighted by atomic mass is 32.2. The summed E-state index contributed by atoms with van der Waals surface area (Å²) in [5.74, 6) is 1.12. The van der Waals surface area contributed by atoms with E-state index in [0.717, 1.165) is 13.1 Å². The van der Waals surface area contributed by atoms with Crippen molar-refractivity contribution in [1.82, 2.24) is 10.0 Å². The average molecular weight is 176 g/mol. The number of fused-ring (bicyclic) bond motifs is 1. The van der Waals surface area contributed by atoms with Crippen molar-refractivity contribution in [1.29, 1.82) is 0 Å². The monoisotopic (exact) mass is 176 g/mol. The van der Waals surface area contributed by atoms with Crippen LogP contribution in [-0.4, -0.2) is 33.8 Å². The minimum absolute atomic E-state index is 0.228. The molecule has 2 fully saturated rings. The van der Waals surface area contributed by atoms with E-state index in [0.29, 0.717) is 11.8 Å². The summed E-state index contributed by atoms with van der Waals surface area (Å²) in [4.78, 5) is 0. The molecule has 1 heterocycles. The van der Waals surface area contributed by atoms with E-state index < -0.39 is 10.0 Å². The Morgan fingerprint density at radius 2 is 1.91 bits per heavy atom. The molecule has 2 N–H and O–H groups in total. The van der Waals surface area contributed by atoms with Crippen LogP contribution in [0.5, 0.6) is 0 Å². The van der Waals surface area contributed by atoms with Gasteiger partial charge in [0, 0.05) is 6.04 Å². The van der Waals surface area contributed by atoms with Gasteiger partial charge in [-0.15, -0.1) is 0 Å². The molecule has 11 heavy (non-hydrogen) atoms. The first-order valence-electron chi connectivity index (χ1n) is 3.76. The smallest absolute Gasteiger partial charge is 0.208 e. The number of piperidine rings is 1. The molecule has 1 unspecified atom stereocenters. The largest absolute Gasteiger partial charge is 0.316 e. The Bertz CT molecular complexity index is 252. The Morgan fingerprint density at radius 3 is 2.36 bits per heavy atom. The van der Waals surface area contributed by atoms with Gasteiger partial charge in [-0.1, -0.05) is 0 Å². The van der Waals surface area contributed by atoms with E-state index in [-0.39, 0.29) is 6.04 Å². The zero-order valence-corrected chi connectivity index (χ0v) is 7.19. The number of hydrogen-bond acceptors (Lipinski definition) is 3. The Kier molecular flexibility index (Phi) is 1.49. The van der Waals surface area contributed by atoms with Crippen molar-refractivity contribution in [3.8, 4) is 0 Å². The molecule has 0 aromatic heterocycles. The van der Waals surface area contributed by atoms with E-state index in [2.05, 4.69) is 10.0 Å². The summed E-state index contributed by atoms with van der Waals surface area (Å²) < 4.78 is 24.2. The van der Waals surface area contributed by atoms with Gasteiger partial charge >= 0.3 is 0 Å². The van der Waals surface area contributed by atoms with Crippen LogP contribution < -0.4 is 10.0 Å². The van der Waals surface area contributed by atoms with Crippen LogP contribution in [0.1, 0.15) is 0 Å². The molecule has 0 aromatic carbocycles. The summed E-state index contributed by atoms with van der Waals surface area (Å²) in [5.41, 5.74) is 0. The summed E-state index contributed by atoms with van der Waals surface area (Å²) >= 11 is 0. The average Bonchev–Trinajstić information content (AvgIpc) is 2.39. The second kappa shape index (κ2) is 2.18. The van der Waals surface area contributed by atoms with Gasteiger partial charge in [0.25, 0.3) is 0 Å². The third-order valence-corrected chi connectivity index (χ3v) is 3.14. The second-order valence-corrected chi connectivity index (χ2v) is 5.18. The molecule has 0 bridgehead atoms. The molecule has 0 spiro atoms. The Labute approximate surface area is 66.4 Å². The standard InChI is InChI=1S/C6H12N2O2S/c1-11(9,10)8-6-4-2-7-3-5(4)6/h4-8H,2-3H2,1H3/t4-,5+,6?. The Morgan fingerprint density at radius 1 is 1.36 bits per heavy atom. The van der Waals surface area contributed by atoms with E-state index in [4.69, 9.17) is 0 Å². The zero-order chi connectivity index (χ0) is 8.06. The van der Waals surface area contributed by atoms with Gasteiger partial charge in [-0.05, 0) is 24.9 Å². The van der Waals surface area contributed by atoms with Crippen molar-refractivity contribution in [2.45, 2.75) is 6.04 Å². The quantitative estimate of drug-likeness (QED) is 0.553. The molecule has 2 aliphatic rings. The van der Waals surface area contributed by atoms with Crippen molar-refractivity contribution in [3.63, 3.8) is 0 Å². The molecule has 64 valence electrons. The van der Waals surface area contributed by atoms with Gasteiger partial charge < -0.3 is 5.32 Å². The number of nitrogens with one attached hydrogen (secondary N) is 2. The maximum atomic E-state index is 10.8. The van der Waals surface area contributed by atoms with Crippen LogP contribution in [0.2, 0.25) is 0 Å². The molecule has 4 nitrogen and oxygen atoms in total. The number of rotatable bonds is 2. The topological polar surface area (TPSA) is 58.2 Å². The minimum atomic E-state index is -2.98. The molecular weight excluding hydrogens is 164 g/mol. The first kappa shape index (κ1) is 7.52. The third kappa shape index (κ3) is 1.40. The molecule has 2 rings (SSSR count). The van der Waals surface area contributed by atoms with Gasteiger partial charge in [-0.3, -0.25) is 0 Å². The van der Waals surface area contributed by atoms with Crippen LogP contribution in [0.15, 0.2) is 0 Å². The summed E-state index contributed by atoms with van der Waals surface area (Å²) in [6.45, 7) is 1.94. The van der Waals surface area contributed by atoms with Crippen LogP contribution in [-0.2, 0) is 10.0 Å². The van der Waals surface area contributed by atoms with Gasteiger partial charge in [0.15, 0.2) is 0 Å². The van der Waals surface area contributed by atoms with Crippen LogP contribution in [0, 0.1) is 11.8 Å². The lowest BCUT2D eigenvalue weighted by Crippen LogP contribution is -2.31. The van der Waals surface area contributed by atoms with Gasteiger partial charge in [-0.25, -0.2) is 13.1 Å². The van der Waals surface area contributed by atoms with Crippen molar-refractivity contribution in [2.24, 2.45) is 11.8 Å². The van der Waals surface area contributed by atoms with Gasteiger partial charge in [0.05, 0.1) is 6.26 Å². The molecule has 1 aliphatic heterocycles. The lowest BCUT2D eigenvalue weighted by atomic mass is 10.4. The Balaban J connectivity index is 1.93. The van der Waals surface area contributed by atoms with E-state index in [1.54, 1.807) is 0 Å². The summed E-state index contributed by atoms with van der Waals surface area (Å²) in [7, 11) is -2.98. The highest BCUT2D eigenvalue weighted by molar-refractivity contribution is 7.88. The molecule has 5 heteroatoms. The van der Waals surface area contributed by atoms with Crippen LogP contribution in [0.25, 0.3) is 0 Å². The first-order chi connectivity index (χ1) is 5.08. The fourth-order valence-corrected chi connectivity index (χ4v) is 2.68. The number of hydrogen-bond donors (Lipinski definition) is 2. The zero-order valence-electron chi connectivity index (χ0n) is 6.37.